The fraction of sp³-hybridized carbons (Fsp3) is 0.0769. The Morgan fingerprint density at radius 3 is 1.94 bits per heavy atom. The Balaban J connectivity index is 2.66. The molecule has 0 amide bonds. The Morgan fingerprint density at radius 1 is 0.778 bits per heavy atom. The molecule has 0 bridgehead atoms. The first-order valence-electron chi connectivity index (χ1n) is 5.01. The van der Waals surface area contributed by atoms with E-state index in [2.05, 4.69) is 0 Å². The van der Waals surface area contributed by atoms with Crippen molar-refractivity contribution in [1.82, 2.24) is 0 Å². The normalized spacial score (nSPS) is 11.6. The quantitative estimate of drug-likeness (QED) is 0.653. The Labute approximate surface area is 99.7 Å². The first-order valence-corrected chi connectivity index (χ1v) is 5.01. The van der Waals surface area contributed by atoms with Crippen LogP contribution < -0.4 is 0 Å². The molecule has 0 radical (unpaired) electrons. The largest absolute Gasteiger partial charge is 0.417 e. The van der Waals surface area contributed by atoms with Crippen LogP contribution in [0.1, 0.15) is 5.56 Å². The van der Waals surface area contributed by atoms with Gasteiger partial charge in [0.15, 0.2) is 0 Å². The monoisotopic (exact) mass is 258 g/mol. The number of halogens is 5. The van der Waals surface area contributed by atoms with Crippen molar-refractivity contribution in [3.05, 3.63) is 59.7 Å². The molecule has 0 nitrogen and oxygen atoms in total. The van der Waals surface area contributed by atoms with Crippen LogP contribution in [0.5, 0.6) is 0 Å². The van der Waals surface area contributed by atoms with Crippen molar-refractivity contribution in [2.24, 2.45) is 0 Å². The van der Waals surface area contributed by atoms with Gasteiger partial charge in [-0.25, -0.2) is 8.78 Å². The van der Waals surface area contributed by atoms with Crippen LogP contribution in [0.15, 0.2) is 42.5 Å². The van der Waals surface area contributed by atoms with Gasteiger partial charge in [0.2, 0.25) is 0 Å². The number of hydrogen-bond acceptors (Lipinski definition) is 0. The molecule has 5 heteroatoms. The van der Waals surface area contributed by atoms with Crippen molar-refractivity contribution in [2.75, 3.05) is 0 Å². The molecule has 0 heterocycles. The van der Waals surface area contributed by atoms with Crippen molar-refractivity contribution >= 4 is 0 Å². The number of alkyl halides is 3. The molecule has 0 fully saturated rings. The fourth-order valence-corrected chi connectivity index (χ4v) is 1.67. The summed E-state index contributed by atoms with van der Waals surface area (Å²) in [5.74, 6) is -1.58. The molecule has 2 aromatic rings. The van der Waals surface area contributed by atoms with Gasteiger partial charge in [0, 0.05) is 5.56 Å². The van der Waals surface area contributed by atoms with Gasteiger partial charge in [0.25, 0.3) is 0 Å². The van der Waals surface area contributed by atoms with Crippen molar-refractivity contribution in [1.29, 1.82) is 0 Å². The van der Waals surface area contributed by atoms with Gasteiger partial charge >= 0.3 is 6.18 Å². The van der Waals surface area contributed by atoms with Crippen molar-refractivity contribution in [3.63, 3.8) is 0 Å². The van der Waals surface area contributed by atoms with E-state index in [4.69, 9.17) is 0 Å². The van der Waals surface area contributed by atoms with Crippen LogP contribution in [0.3, 0.4) is 0 Å². The zero-order valence-electron chi connectivity index (χ0n) is 8.93. The summed E-state index contributed by atoms with van der Waals surface area (Å²) in [5.41, 5.74) is -1.65. The van der Waals surface area contributed by atoms with E-state index in [9.17, 15) is 22.0 Å². The summed E-state index contributed by atoms with van der Waals surface area (Å²) in [4.78, 5) is 0. The zero-order valence-corrected chi connectivity index (χ0v) is 8.93. The third-order valence-electron chi connectivity index (χ3n) is 2.45. The molecular formula is C13H7F5. The van der Waals surface area contributed by atoms with E-state index in [1.54, 1.807) is 0 Å². The molecule has 2 rings (SSSR count). The van der Waals surface area contributed by atoms with Crippen LogP contribution in [0.2, 0.25) is 0 Å². The second kappa shape index (κ2) is 4.40. The first kappa shape index (κ1) is 12.5. The minimum absolute atomic E-state index is 0.0122. The standard InChI is InChI=1S/C13H7F5/c14-9-6-4-8(5-7-9)12-10(13(16,17)18)2-1-3-11(12)15/h1-7H. The number of hydrogen-bond donors (Lipinski definition) is 0. The van der Waals surface area contributed by atoms with Crippen molar-refractivity contribution < 1.29 is 22.0 Å². The van der Waals surface area contributed by atoms with Crippen LogP contribution in [0.25, 0.3) is 11.1 Å². The van der Waals surface area contributed by atoms with Crippen LogP contribution in [-0.4, -0.2) is 0 Å². The molecule has 0 aliphatic carbocycles. The maximum absolute atomic E-state index is 13.6. The fourth-order valence-electron chi connectivity index (χ4n) is 1.67. The molecule has 2 aromatic carbocycles. The molecule has 0 saturated carbocycles. The summed E-state index contributed by atoms with van der Waals surface area (Å²) in [7, 11) is 0. The van der Waals surface area contributed by atoms with Gasteiger partial charge in [0.1, 0.15) is 11.6 Å². The highest BCUT2D eigenvalue weighted by Gasteiger charge is 2.34. The summed E-state index contributed by atoms with van der Waals surface area (Å²) in [6.45, 7) is 0. The SMILES string of the molecule is Fc1ccc(-c2c(F)cccc2C(F)(F)F)cc1. The minimum atomic E-state index is -4.66. The van der Waals surface area contributed by atoms with Gasteiger partial charge in [-0.3, -0.25) is 0 Å². The highest BCUT2D eigenvalue weighted by Crippen LogP contribution is 2.38. The van der Waals surface area contributed by atoms with E-state index >= 15 is 0 Å². The molecule has 0 aliphatic rings. The van der Waals surface area contributed by atoms with Gasteiger partial charge in [-0.15, -0.1) is 0 Å². The summed E-state index contributed by atoms with van der Waals surface area (Å²) < 4.78 is 64.6. The van der Waals surface area contributed by atoms with Gasteiger partial charge in [0.05, 0.1) is 5.56 Å². The number of rotatable bonds is 1. The van der Waals surface area contributed by atoms with Crippen molar-refractivity contribution in [2.45, 2.75) is 6.18 Å². The smallest absolute Gasteiger partial charge is 0.207 e. The summed E-state index contributed by atoms with van der Waals surface area (Å²) >= 11 is 0. The highest BCUT2D eigenvalue weighted by atomic mass is 19.4. The first-order chi connectivity index (χ1) is 8.39. The van der Waals surface area contributed by atoms with E-state index in [0.717, 1.165) is 42.5 Å². The molecule has 0 saturated heterocycles. The summed E-state index contributed by atoms with van der Waals surface area (Å²) in [6.07, 6.45) is -4.66. The molecule has 18 heavy (non-hydrogen) atoms. The minimum Gasteiger partial charge on any atom is -0.207 e. The molecule has 94 valence electrons. The van der Waals surface area contributed by atoms with Gasteiger partial charge in [-0.05, 0) is 29.8 Å². The summed E-state index contributed by atoms with van der Waals surface area (Å²) in [6, 6.07) is 6.93. The Morgan fingerprint density at radius 2 is 1.39 bits per heavy atom. The Hall–Kier alpha value is -1.91. The van der Waals surface area contributed by atoms with Gasteiger partial charge in [-0.1, -0.05) is 18.2 Å². The lowest BCUT2D eigenvalue weighted by Crippen LogP contribution is -2.08. The Kier molecular flexibility index (Phi) is 3.07. The van der Waals surface area contributed by atoms with E-state index in [1.165, 1.54) is 0 Å². The summed E-state index contributed by atoms with van der Waals surface area (Å²) in [5, 5.41) is 0. The molecule has 0 aromatic heterocycles. The predicted molar refractivity (Wildman–Crippen MR) is 56.8 cm³/mol. The molecular weight excluding hydrogens is 251 g/mol. The molecule has 0 unspecified atom stereocenters. The highest BCUT2D eigenvalue weighted by molar-refractivity contribution is 5.68. The van der Waals surface area contributed by atoms with E-state index in [-0.39, 0.29) is 5.56 Å². The van der Waals surface area contributed by atoms with Crippen LogP contribution in [-0.2, 0) is 6.18 Å². The third kappa shape index (κ3) is 2.34. The number of benzene rings is 2. The maximum Gasteiger partial charge on any atom is 0.417 e. The lowest BCUT2D eigenvalue weighted by Gasteiger charge is -2.13. The maximum atomic E-state index is 13.6. The average molecular weight is 258 g/mol. The molecule has 0 N–H and O–H groups in total. The average Bonchev–Trinajstić information content (AvgIpc) is 2.29. The van der Waals surface area contributed by atoms with E-state index in [1.807, 2.05) is 0 Å². The van der Waals surface area contributed by atoms with Crippen LogP contribution in [0, 0.1) is 11.6 Å². The van der Waals surface area contributed by atoms with E-state index in [0.29, 0.717) is 0 Å². The second-order valence-electron chi connectivity index (χ2n) is 3.67. The third-order valence-corrected chi connectivity index (χ3v) is 2.45. The van der Waals surface area contributed by atoms with Gasteiger partial charge < -0.3 is 0 Å². The lowest BCUT2D eigenvalue weighted by molar-refractivity contribution is -0.137. The zero-order chi connectivity index (χ0) is 13.3. The van der Waals surface area contributed by atoms with Crippen LogP contribution in [0.4, 0.5) is 22.0 Å². The van der Waals surface area contributed by atoms with Crippen LogP contribution >= 0.6 is 0 Å². The lowest BCUT2D eigenvalue weighted by atomic mass is 9.98. The molecule has 0 aliphatic heterocycles. The van der Waals surface area contributed by atoms with Crippen molar-refractivity contribution in [3.8, 4) is 11.1 Å². The predicted octanol–water partition coefficient (Wildman–Crippen LogP) is 4.65. The van der Waals surface area contributed by atoms with E-state index < -0.39 is 28.9 Å². The van der Waals surface area contributed by atoms with Gasteiger partial charge in [-0.2, -0.15) is 13.2 Å². The Bertz CT molecular complexity index is 555. The topological polar surface area (TPSA) is 0 Å². The molecule has 0 atom stereocenters. The second-order valence-corrected chi connectivity index (χ2v) is 3.67. The molecule has 0 spiro atoms.